The number of aromatic nitrogens is 2. The normalized spacial score (nSPS) is 14.8. The predicted octanol–water partition coefficient (Wildman–Crippen LogP) is 4.74. The molecule has 6 nitrogen and oxygen atoms in total. The summed E-state index contributed by atoms with van der Waals surface area (Å²) in [5.74, 6) is -1.06. The van der Waals surface area contributed by atoms with Crippen molar-refractivity contribution >= 4 is 34.6 Å². The summed E-state index contributed by atoms with van der Waals surface area (Å²) >= 11 is 7.13. The van der Waals surface area contributed by atoms with Crippen LogP contribution >= 0.6 is 22.9 Å². The summed E-state index contributed by atoms with van der Waals surface area (Å²) in [6, 6.07) is 11.9. The third-order valence-corrected chi connectivity index (χ3v) is 5.99. The first-order chi connectivity index (χ1) is 14.0. The zero-order valence-corrected chi connectivity index (χ0v) is 16.8. The van der Waals surface area contributed by atoms with Crippen LogP contribution in [0.4, 0.5) is 10.1 Å². The first-order valence-electron chi connectivity index (χ1n) is 9.03. The van der Waals surface area contributed by atoms with E-state index < -0.39 is 5.97 Å². The van der Waals surface area contributed by atoms with Crippen LogP contribution in [0.2, 0.25) is 5.02 Å². The maximum absolute atomic E-state index is 13.4. The Morgan fingerprint density at radius 1 is 1.17 bits per heavy atom. The van der Waals surface area contributed by atoms with Crippen molar-refractivity contribution in [3.63, 3.8) is 0 Å². The lowest BCUT2D eigenvalue weighted by Crippen LogP contribution is -2.38. The highest BCUT2D eigenvalue weighted by molar-refractivity contribution is 7.16. The predicted molar refractivity (Wildman–Crippen MR) is 110 cm³/mol. The Kier molecular flexibility index (Phi) is 5.64. The molecule has 0 bridgehead atoms. The van der Waals surface area contributed by atoms with E-state index in [1.54, 1.807) is 0 Å². The molecule has 1 aliphatic heterocycles. The fourth-order valence-electron chi connectivity index (χ4n) is 3.22. The molecule has 0 atom stereocenters. The lowest BCUT2D eigenvalue weighted by atomic mass is 10.1. The van der Waals surface area contributed by atoms with E-state index in [1.807, 2.05) is 24.3 Å². The number of rotatable bonds is 5. The van der Waals surface area contributed by atoms with Crippen molar-refractivity contribution in [3.05, 3.63) is 58.3 Å². The van der Waals surface area contributed by atoms with Crippen LogP contribution in [0.15, 0.2) is 42.5 Å². The molecule has 9 heteroatoms. The van der Waals surface area contributed by atoms with Crippen LogP contribution in [0.3, 0.4) is 0 Å². The molecule has 1 saturated heterocycles. The maximum atomic E-state index is 13.4. The van der Waals surface area contributed by atoms with Crippen molar-refractivity contribution in [1.82, 2.24) is 10.2 Å². The van der Waals surface area contributed by atoms with Gasteiger partial charge in [-0.15, -0.1) is 10.2 Å². The van der Waals surface area contributed by atoms with Crippen molar-refractivity contribution in [2.45, 2.75) is 18.9 Å². The van der Waals surface area contributed by atoms with Gasteiger partial charge in [0.05, 0.1) is 5.02 Å². The van der Waals surface area contributed by atoms with Gasteiger partial charge in [0, 0.05) is 43.2 Å². The van der Waals surface area contributed by atoms with E-state index in [2.05, 4.69) is 15.1 Å². The fourth-order valence-corrected chi connectivity index (χ4v) is 4.07. The van der Waals surface area contributed by atoms with Crippen LogP contribution in [0.1, 0.15) is 22.6 Å². The summed E-state index contributed by atoms with van der Waals surface area (Å²) in [5.41, 5.74) is 1.90. The lowest BCUT2D eigenvalue weighted by Gasteiger charge is -2.34. The Hall–Kier alpha value is -2.71. The number of carbonyl (C=O) groups is 1. The van der Waals surface area contributed by atoms with Gasteiger partial charge in [-0.25, -0.2) is 9.18 Å². The minimum Gasteiger partial charge on any atom is -0.489 e. The number of ether oxygens (including phenoxy) is 1. The average Bonchev–Trinajstić information content (AvgIpc) is 3.22. The zero-order chi connectivity index (χ0) is 20.4. The molecule has 0 saturated carbocycles. The van der Waals surface area contributed by atoms with E-state index >= 15 is 0 Å². The molecular weight excluding hydrogens is 417 g/mol. The van der Waals surface area contributed by atoms with Gasteiger partial charge in [-0.05, 0) is 36.4 Å². The first kappa shape index (κ1) is 19.6. The molecule has 0 spiro atoms. The summed E-state index contributed by atoms with van der Waals surface area (Å²) in [7, 11) is 0. The average molecular weight is 434 g/mol. The molecule has 1 fully saturated rings. The molecule has 0 radical (unpaired) electrons. The number of hydrogen-bond acceptors (Lipinski definition) is 6. The molecule has 4 rings (SSSR count). The number of piperidine rings is 1. The van der Waals surface area contributed by atoms with Crippen LogP contribution in [-0.2, 0) is 0 Å². The van der Waals surface area contributed by atoms with Crippen molar-refractivity contribution in [2.75, 3.05) is 18.0 Å². The molecule has 1 aliphatic rings. The molecule has 0 amide bonds. The van der Waals surface area contributed by atoms with Gasteiger partial charge in [0.25, 0.3) is 0 Å². The topological polar surface area (TPSA) is 75.5 Å². The van der Waals surface area contributed by atoms with Gasteiger partial charge in [-0.2, -0.15) is 0 Å². The van der Waals surface area contributed by atoms with Gasteiger partial charge in [0.1, 0.15) is 22.7 Å². The van der Waals surface area contributed by atoms with E-state index in [4.69, 9.17) is 21.4 Å². The van der Waals surface area contributed by atoms with Crippen LogP contribution in [0, 0.1) is 5.82 Å². The highest BCUT2D eigenvalue weighted by atomic mass is 35.5. The molecule has 1 aromatic heterocycles. The van der Waals surface area contributed by atoms with Crippen LogP contribution in [-0.4, -0.2) is 40.5 Å². The largest absolute Gasteiger partial charge is 0.489 e. The summed E-state index contributed by atoms with van der Waals surface area (Å²) in [6.45, 7) is 1.61. The second-order valence-electron chi connectivity index (χ2n) is 6.64. The number of benzene rings is 2. The second-order valence-corrected chi connectivity index (χ2v) is 8.03. The molecular formula is C20H17ClFN3O3S. The molecule has 2 heterocycles. The molecule has 1 N–H and O–H groups in total. The SMILES string of the molecule is O=C(O)c1nnc(-c2ccc(N3CCC(Oc4cc(F)ccc4Cl)CC3)cc2)s1. The summed E-state index contributed by atoms with van der Waals surface area (Å²) in [4.78, 5) is 13.2. The number of aromatic carboxylic acids is 1. The van der Waals surface area contributed by atoms with Crippen LogP contribution in [0.25, 0.3) is 10.6 Å². The smallest absolute Gasteiger partial charge is 0.367 e. The van der Waals surface area contributed by atoms with Gasteiger partial charge in [0.15, 0.2) is 0 Å². The quantitative estimate of drug-likeness (QED) is 0.626. The summed E-state index contributed by atoms with van der Waals surface area (Å²) in [5, 5.41) is 17.5. The minimum atomic E-state index is -1.07. The molecule has 3 aromatic rings. The third kappa shape index (κ3) is 4.49. The minimum absolute atomic E-state index is 0.0133. The maximum Gasteiger partial charge on any atom is 0.367 e. The fraction of sp³-hybridized carbons (Fsp3) is 0.250. The Labute approximate surface area is 175 Å². The standard InChI is InChI=1S/C20H17ClFN3O3S/c21-16-6-3-13(22)11-17(16)28-15-7-9-25(10-8-15)14-4-1-12(2-5-14)18-23-24-19(29-18)20(26)27/h1-6,11,15H,7-10H2,(H,26,27). The number of halogens is 2. The van der Waals surface area contributed by atoms with Gasteiger partial charge in [-0.3, -0.25) is 0 Å². The summed E-state index contributed by atoms with van der Waals surface area (Å²) in [6.07, 6.45) is 1.58. The highest BCUT2D eigenvalue weighted by Gasteiger charge is 2.22. The number of carboxylic acids is 1. The van der Waals surface area contributed by atoms with Crippen molar-refractivity contribution in [1.29, 1.82) is 0 Å². The second kappa shape index (κ2) is 8.34. The highest BCUT2D eigenvalue weighted by Crippen LogP contribution is 2.30. The zero-order valence-electron chi connectivity index (χ0n) is 15.2. The lowest BCUT2D eigenvalue weighted by molar-refractivity contribution is 0.0695. The Bertz CT molecular complexity index is 1020. The van der Waals surface area contributed by atoms with E-state index in [9.17, 15) is 9.18 Å². The van der Waals surface area contributed by atoms with E-state index in [0.29, 0.717) is 15.8 Å². The van der Waals surface area contributed by atoms with Crippen molar-refractivity contribution < 1.29 is 19.0 Å². The van der Waals surface area contributed by atoms with Gasteiger partial charge < -0.3 is 14.7 Å². The van der Waals surface area contributed by atoms with E-state index in [1.165, 1.54) is 18.2 Å². The molecule has 0 unspecified atom stereocenters. The monoisotopic (exact) mass is 433 g/mol. The van der Waals surface area contributed by atoms with Gasteiger partial charge in [0.2, 0.25) is 5.01 Å². The van der Waals surface area contributed by atoms with Gasteiger partial charge in [-0.1, -0.05) is 22.9 Å². The van der Waals surface area contributed by atoms with Crippen LogP contribution < -0.4 is 9.64 Å². The number of nitrogens with zero attached hydrogens (tertiary/aromatic N) is 3. The molecule has 2 aromatic carbocycles. The first-order valence-corrected chi connectivity index (χ1v) is 10.2. The summed E-state index contributed by atoms with van der Waals surface area (Å²) < 4.78 is 19.3. The third-order valence-electron chi connectivity index (χ3n) is 4.72. The van der Waals surface area contributed by atoms with Gasteiger partial charge >= 0.3 is 5.97 Å². The number of carboxylic acid groups (broad SMARTS) is 1. The molecule has 150 valence electrons. The van der Waals surface area contributed by atoms with E-state index in [0.717, 1.165) is 48.5 Å². The van der Waals surface area contributed by atoms with Crippen LogP contribution in [0.5, 0.6) is 5.75 Å². The molecule has 29 heavy (non-hydrogen) atoms. The number of hydrogen-bond donors (Lipinski definition) is 1. The van der Waals surface area contributed by atoms with E-state index in [-0.39, 0.29) is 16.9 Å². The van der Waals surface area contributed by atoms with Crippen molar-refractivity contribution in [3.8, 4) is 16.3 Å². The Balaban J connectivity index is 1.37. The molecule has 0 aliphatic carbocycles. The Morgan fingerprint density at radius 2 is 1.90 bits per heavy atom. The van der Waals surface area contributed by atoms with Crippen molar-refractivity contribution in [2.24, 2.45) is 0 Å². The number of anilines is 1. The Morgan fingerprint density at radius 3 is 2.55 bits per heavy atom.